The maximum absolute atomic E-state index is 4.63. The zero-order valence-electron chi connectivity index (χ0n) is 12.2. The molecule has 3 aromatic rings. The van der Waals surface area contributed by atoms with E-state index in [9.17, 15) is 0 Å². The third-order valence-corrected chi connectivity index (χ3v) is 5.87. The number of nitrogens with zero attached hydrogens (tertiary/aromatic N) is 2. The van der Waals surface area contributed by atoms with Gasteiger partial charge in [-0.2, -0.15) is 0 Å². The monoisotopic (exact) mass is 302 g/mol. The second-order valence-corrected chi connectivity index (χ2v) is 6.90. The van der Waals surface area contributed by atoms with E-state index in [1.54, 1.807) is 0 Å². The highest BCUT2D eigenvalue weighted by Crippen LogP contribution is 2.53. The van der Waals surface area contributed by atoms with Gasteiger partial charge in [-0.1, -0.05) is 19.1 Å². The first kappa shape index (κ1) is 12.4. The van der Waals surface area contributed by atoms with Crippen LogP contribution in [0.1, 0.15) is 29.5 Å². The van der Waals surface area contributed by atoms with Crippen molar-refractivity contribution in [3.63, 3.8) is 0 Å². The topological polar surface area (TPSA) is 25.8 Å². The third-order valence-electron chi connectivity index (χ3n) is 4.76. The summed E-state index contributed by atoms with van der Waals surface area (Å²) in [5.74, 6) is 1.42. The molecule has 0 saturated heterocycles. The molecule has 0 spiro atoms. The Labute approximate surface area is 133 Å². The molecule has 1 aliphatic heterocycles. The van der Waals surface area contributed by atoms with Gasteiger partial charge in [0.1, 0.15) is 0 Å². The Morgan fingerprint density at radius 2 is 2.05 bits per heavy atom. The number of fused-ring (bicyclic) bond motifs is 7. The highest BCUT2D eigenvalue weighted by Gasteiger charge is 2.32. The number of hydrogen-bond donors (Lipinski definition) is 0. The third kappa shape index (κ3) is 1.52. The molecule has 3 heterocycles. The van der Waals surface area contributed by atoms with E-state index in [-0.39, 0.29) is 0 Å². The van der Waals surface area contributed by atoms with Crippen LogP contribution in [0.15, 0.2) is 53.8 Å². The SMILES string of the molecule is CC1c2cccnc2-c2ccc3c(c21)-c1cnccc1CS3. The molecule has 1 unspecified atom stereocenters. The van der Waals surface area contributed by atoms with Crippen molar-refractivity contribution in [1.82, 2.24) is 9.97 Å². The van der Waals surface area contributed by atoms with E-state index < -0.39 is 0 Å². The van der Waals surface area contributed by atoms with Gasteiger partial charge >= 0.3 is 0 Å². The van der Waals surface area contributed by atoms with E-state index in [1.807, 2.05) is 36.4 Å². The first-order chi connectivity index (χ1) is 10.8. The van der Waals surface area contributed by atoms with Crippen molar-refractivity contribution in [1.29, 1.82) is 0 Å². The van der Waals surface area contributed by atoms with E-state index in [4.69, 9.17) is 0 Å². The largest absolute Gasteiger partial charge is 0.264 e. The second kappa shape index (κ2) is 4.43. The number of benzene rings is 1. The predicted octanol–water partition coefficient (Wildman–Crippen LogP) is 4.88. The lowest BCUT2D eigenvalue weighted by Crippen LogP contribution is -2.02. The summed E-state index contributed by atoms with van der Waals surface area (Å²) in [4.78, 5) is 10.4. The van der Waals surface area contributed by atoms with Gasteiger partial charge in [0.15, 0.2) is 0 Å². The summed E-state index contributed by atoms with van der Waals surface area (Å²) in [6.07, 6.45) is 5.81. The molecule has 0 fully saturated rings. The maximum Gasteiger partial charge on any atom is 0.0743 e. The van der Waals surface area contributed by atoms with E-state index in [2.05, 4.69) is 41.2 Å². The van der Waals surface area contributed by atoms with E-state index in [0.717, 1.165) is 11.4 Å². The van der Waals surface area contributed by atoms with E-state index in [0.29, 0.717) is 5.92 Å². The Morgan fingerprint density at radius 1 is 1.09 bits per heavy atom. The normalized spacial score (nSPS) is 17.4. The van der Waals surface area contributed by atoms with Crippen LogP contribution in [-0.2, 0) is 5.75 Å². The number of hydrogen-bond acceptors (Lipinski definition) is 3. The number of rotatable bonds is 0. The molecule has 1 aliphatic carbocycles. The highest BCUT2D eigenvalue weighted by molar-refractivity contribution is 7.98. The number of thioether (sulfide) groups is 1. The van der Waals surface area contributed by atoms with Gasteiger partial charge in [-0.05, 0) is 34.9 Å². The highest BCUT2D eigenvalue weighted by atomic mass is 32.2. The molecule has 106 valence electrons. The van der Waals surface area contributed by atoms with E-state index >= 15 is 0 Å². The van der Waals surface area contributed by atoms with Crippen molar-refractivity contribution in [2.75, 3.05) is 0 Å². The molecule has 1 atom stereocenters. The van der Waals surface area contributed by atoms with Crippen LogP contribution in [0.2, 0.25) is 0 Å². The molecule has 0 N–H and O–H groups in total. The fourth-order valence-corrected chi connectivity index (χ4v) is 4.82. The van der Waals surface area contributed by atoms with Crippen molar-refractivity contribution >= 4 is 11.8 Å². The lowest BCUT2D eigenvalue weighted by Gasteiger charge is -2.23. The van der Waals surface area contributed by atoms with Crippen LogP contribution >= 0.6 is 11.8 Å². The van der Waals surface area contributed by atoms with Crippen LogP contribution in [0.25, 0.3) is 22.4 Å². The van der Waals surface area contributed by atoms with Gasteiger partial charge in [-0.3, -0.25) is 9.97 Å². The zero-order chi connectivity index (χ0) is 14.7. The molecule has 0 bridgehead atoms. The second-order valence-electron chi connectivity index (χ2n) is 5.88. The Hall–Kier alpha value is -2.13. The standard InChI is InChI=1S/C19H14N2S/c1-11-13-3-2-7-21-19(13)14-4-5-16-18(17(11)14)15-9-20-8-6-12(15)10-22-16/h2-9,11H,10H2,1H3. The summed E-state index contributed by atoms with van der Waals surface area (Å²) in [6.45, 7) is 2.29. The molecule has 0 radical (unpaired) electrons. The molecule has 1 aromatic carbocycles. The quantitative estimate of drug-likeness (QED) is 0.592. The fourth-order valence-electron chi connectivity index (χ4n) is 3.73. The van der Waals surface area contributed by atoms with Crippen LogP contribution in [0, 0.1) is 0 Å². The summed E-state index contributed by atoms with van der Waals surface area (Å²) >= 11 is 1.93. The minimum Gasteiger partial charge on any atom is -0.264 e. The summed E-state index contributed by atoms with van der Waals surface area (Å²) in [5, 5.41) is 0. The molecule has 5 rings (SSSR count). The smallest absolute Gasteiger partial charge is 0.0743 e. The predicted molar refractivity (Wildman–Crippen MR) is 90.0 cm³/mol. The van der Waals surface area contributed by atoms with Gasteiger partial charge in [0.2, 0.25) is 0 Å². The van der Waals surface area contributed by atoms with E-state index in [1.165, 1.54) is 38.3 Å². The lowest BCUT2D eigenvalue weighted by molar-refractivity contribution is 0.948. The molecule has 2 nitrogen and oxygen atoms in total. The first-order valence-corrected chi connectivity index (χ1v) is 8.51. The Bertz CT molecular complexity index is 917. The molecule has 0 saturated carbocycles. The van der Waals surface area contributed by atoms with Gasteiger partial charge in [0.25, 0.3) is 0 Å². The van der Waals surface area contributed by atoms with Crippen LogP contribution in [0.4, 0.5) is 0 Å². The summed E-state index contributed by atoms with van der Waals surface area (Å²) in [7, 11) is 0. The average Bonchev–Trinajstić information content (AvgIpc) is 2.88. The molecular weight excluding hydrogens is 288 g/mol. The van der Waals surface area contributed by atoms with Gasteiger partial charge in [-0.25, -0.2) is 0 Å². The fraction of sp³-hybridized carbons (Fsp3) is 0.158. The van der Waals surface area contributed by atoms with Crippen molar-refractivity contribution in [2.24, 2.45) is 0 Å². The molecule has 22 heavy (non-hydrogen) atoms. The molecule has 3 heteroatoms. The van der Waals surface area contributed by atoms with Gasteiger partial charge in [0, 0.05) is 51.8 Å². The van der Waals surface area contributed by atoms with Crippen LogP contribution in [0.3, 0.4) is 0 Å². The molecule has 0 amide bonds. The number of pyridine rings is 2. The number of aromatic nitrogens is 2. The summed E-state index contributed by atoms with van der Waals surface area (Å²) < 4.78 is 0. The molecule has 2 aliphatic rings. The minimum absolute atomic E-state index is 0.389. The van der Waals surface area contributed by atoms with Gasteiger partial charge < -0.3 is 0 Å². The summed E-state index contributed by atoms with van der Waals surface area (Å²) in [6, 6.07) is 10.9. The van der Waals surface area contributed by atoms with Crippen molar-refractivity contribution in [3.8, 4) is 22.4 Å². The van der Waals surface area contributed by atoms with Gasteiger partial charge in [0.05, 0.1) is 5.69 Å². The van der Waals surface area contributed by atoms with Crippen LogP contribution in [-0.4, -0.2) is 9.97 Å². The lowest BCUT2D eigenvalue weighted by atomic mass is 9.89. The van der Waals surface area contributed by atoms with Gasteiger partial charge in [-0.15, -0.1) is 11.8 Å². The average molecular weight is 302 g/mol. The van der Waals surface area contributed by atoms with Crippen LogP contribution < -0.4 is 0 Å². The maximum atomic E-state index is 4.63. The van der Waals surface area contributed by atoms with Crippen molar-refractivity contribution in [3.05, 3.63) is 65.6 Å². The molecular formula is C19H14N2S. The Morgan fingerprint density at radius 3 is 3.00 bits per heavy atom. The van der Waals surface area contributed by atoms with Crippen molar-refractivity contribution in [2.45, 2.75) is 23.5 Å². The molecule has 2 aromatic heterocycles. The minimum atomic E-state index is 0.389. The van der Waals surface area contributed by atoms with Crippen molar-refractivity contribution < 1.29 is 0 Å². The Kier molecular flexibility index (Phi) is 2.50. The Balaban J connectivity index is 1.87. The summed E-state index contributed by atoms with van der Waals surface area (Å²) in [5.41, 5.74) is 9.26. The first-order valence-electron chi connectivity index (χ1n) is 7.53. The van der Waals surface area contributed by atoms with Crippen LogP contribution in [0.5, 0.6) is 0 Å². The zero-order valence-corrected chi connectivity index (χ0v) is 13.0.